The molecule has 0 spiro atoms. The Hall–Kier alpha value is -2.74. The largest absolute Gasteiger partial charge is 0.487 e. The fourth-order valence-corrected chi connectivity index (χ4v) is 5.70. The number of aromatic nitrogens is 1. The number of hydrazone groups is 1. The number of carbonyl (C=O) groups excluding carboxylic acids is 1. The summed E-state index contributed by atoms with van der Waals surface area (Å²) < 4.78 is 47.1. The van der Waals surface area contributed by atoms with E-state index in [-0.39, 0.29) is 12.1 Å². The molecule has 0 aliphatic carbocycles. The molecule has 0 saturated carbocycles. The van der Waals surface area contributed by atoms with Crippen molar-refractivity contribution >= 4 is 82.1 Å². The average molecular weight is 747 g/mol. The van der Waals surface area contributed by atoms with E-state index in [1.54, 1.807) is 5.38 Å². The quantitative estimate of drug-likeness (QED) is 0.133. The lowest BCUT2D eigenvalue weighted by Gasteiger charge is -2.11. The monoisotopic (exact) mass is 744 g/mol. The summed E-state index contributed by atoms with van der Waals surface area (Å²) in [7, 11) is 0. The Bertz CT molecular complexity index is 1470. The van der Waals surface area contributed by atoms with Crippen molar-refractivity contribution in [3.05, 3.63) is 102 Å². The third kappa shape index (κ3) is 8.62. The lowest BCUT2D eigenvalue weighted by atomic mass is 10.2. The van der Waals surface area contributed by atoms with E-state index in [0.29, 0.717) is 37.7 Å². The molecule has 4 rings (SSSR count). The Balaban J connectivity index is 1.29. The third-order valence-corrected chi connectivity index (χ3v) is 7.57. The van der Waals surface area contributed by atoms with Crippen molar-refractivity contribution in [3.63, 3.8) is 0 Å². The molecule has 0 aliphatic heterocycles. The van der Waals surface area contributed by atoms with Crippen LogP contribution in [0.4, 0.5) is 24.0 Å². The van der Waals surface area contributed by atoms with Crippen LogP contribution in [0.3, 0.4) is 0 Å². The lowest BCUT2D eigenvalue weighted by molar-refractivity contribution is -0.137. The number of amides is 1. The van der Waals surface area contributed by atoms with Crippen LogP contribution in [0, 0.1) is 0 Å². The number of carbonyl (C=O) groups is 1. The van der Waals surface area contributed by atoms with Crippen molar-refractivity contribution in [1.82, 2.24) is 10.4 Å². The van der Waals surface area contributed by atoms with Gasteiger partial charge in [-0.15, -0.1) is 11.3 Å². The minimum atomic E-state index is -4.44. The number of hydrogen-bond acceptors (Lipinski definition) is 6. The smallest absolute Gasteiger partial charge is 0.416 e. The highest BCUT2D eigenvalue weighted by Crippen LogP contribution is 2.35. The van der Waals surface area contributed by atoms with Crippen LogP contribution in [0.15, 0.2) is 84.6 Å². The maximum absolute atomic E-state index is 12.9. The number of nitrogens with zero attached hydrogens (tertiary/aromatic N) is 2. The normalized spacial score (nSPS) is 11.5. The van der Waals surface area contributed by atoms with Crippen LogP contribution in [0.25, 0.3) is 0 Å². The number of nitrogens with one attached hydrogen (secondary N) is 2. The van der Waals surface area contributed by atoms with E-state index in [0.717, 1.165) is 22.2 Å². The fraction of sp³-hybridized carbons (Fsp3) is 0.115. The zero-order chi connectivity index (χ0) is 28.0. The third-order valence-electron chi connectivity index (χ3n) is 5.05. The summed E-state index contributed by atoms with van der Waals surface area (Å²) >= 11 is 11.6. The van der Waals surface area contributed by atoms with Crippen molar-refractivity contribution in [1.29, 1.82) is 0 Å². The summed E-state index contributed by atoms with van der Waals surface area (Å²) in [6, 6.07) is 16.3. The molecule has 1 aromatic heterocycles. The van der Waals surface area contributed by atoms with Gasteiger partial charge in [-0.3, -0.25) is 4.79 Å². The maximum Gasteiger partial charge on any atom is 0.416 e. The summed E-state index contributed by atoms with van der Waals surface area (Å²) in [6.07, 6.45) is -2.99. The van der Waals surface area contributed by atoms with Gasteiger partial charge in [-0.2, -0.15) is 18.3 Å². The molecule has 202 valence electrons. The molecule has 13 heteroatoms. The van der Waals surface area contributed by atoms with Gasteiger partial charge in [0.05, 0.1) is 32.8 Å². The van der Waals surface area contributed by atoms with Crippen LogP contribution in [0.1, 0.15) is 22.4 Å². The van der Waals surface area contributed by atoms with Crippen molar-refractivity contribution in [2.24, 2.45) is 5.10 Å². The predicted octanol–water partition coefficient (Wildman–Crippen LogP) is 8.46. The standard InChI is InChI=1S/C26H18Br3F3N4O2S/c27-18-6-4-15(5-7-18)13-38-24-21(28)8-16(9-22(24)29)12-33-36-23(37)11-20-14-39-25(35-20)34-19-3-1-2-17(10-19)26(30,31)32/h1-10,12,14H,11,13H2,(H,34,35)(H,36,37)/b33-12-. The Morgan fingerprint density at radius 1 is 1.05 bits per heavy atom. The topological polar surface area (TPSA) is 75.6 Å². The molecule has 39 heavy (non-hydrogen) atoms. The van der Waals surface area contributed by atoms with Gasteiger partial charge < -0.3 is 10.1 Å². The molecule has 0 unspecified atom stereocenters. The van der Waals surface area contributed by atoms with E-state index in [4.69, 9.17) is 4.74 Å². The first-order chi connectivity index (χ1) is 18.6. The zero-order valence-electron chi connectivity index (χ0n) is 19.7. The van der Waals surface area contributed by atoms with Crippen molar-refractivity contribution in [2.75, 3.05) is 5.32 Å². The van der Waals surface area contributed by atoms with Gasteiger partial charge in [-0.05, 0) is 85.5 Å². The van der Waals surface area contributed by atoms with Gasteiger partial charge in [0.25, 0.3) is 0 Å². The van der Waals surface area contributed by atoms with E-state index in [1.807, 2.05) is 36.4 Å². The van der Waals surface area contributed by atoms with Gasteiger partial charge in [0.2, 0.25) is 5.91 Å². The number of anilines is 2. The van der Waals surface area contributed by atoms with Gasteiger partial charge in [-0.1, -0.05) is 34.1 Å². The first-order valence-electron chi connectivity index (χ1n) is 11.1. The minimum Gasteiger partial charge on any atom is -0.487 e. The van der Waals surface area contributed by atoms with Crippen LogP contribution in [0.2, 0.25) is 0 Å². The fourth-order valence-electron chi connectivity index (χ4n) is 3.25. The maximum atomic E-state index is 12.9. The summed E-state index contributed by atoms with van der Waals surface area (Å²) in [6.45, 7) is 0.391. The first-order valence-corrected chi connectivity index (χ1v) is 14.4. The van der Waals surface area contributed by atoms with Gasteiger partial charge in [0.15, 0.2) is 5.13 Å². The summed E-state index contributed by atoms with van der Waals surface area (Å²) in [5, 5.41) is 8.86. The molecule has 2 N–H and O–H groups in total. The first kappa shape index (κ1) is 29.2. The van der Waals surface area contributed by atoms with Crippen LogP contribution in [-0.2, 0) is 24.0 Å². The number of alkyl halides is 3. The lowest BCUT2D eigenvalue weighted by Crippen LogP contribution is -2.19. The number of thiazole rings is 1. The van der Waals surface area contributed by atoms with Gasteiger partial charge >= 0.3 is 6.18 Å². The Labute approximate surface area is 251 Å². The van der Waals surface area contributed by atoms with Gasteiger partial charge in [0.1, 0.15) is 12.4 Å². The zero-order valence-corrected chi connectivity index (χ0v) is 25.3. The highest BCUT2D eigenvalue weighted by Gasteiger charge is 2.30. The summed E-state index contributed by atoms with van der Waals surface area (Å²) in [5.41, 5.74) is 4.13. The number of rotatable bonds is 9. The second-order valence-electron chi connectivity index (χ2n) is 8.05. The molecule has 1 heterocycles. The van der Waals surface area contributed by atoms with Crippen LogP contribution < -0.4 is 15.5 Å². The van der Waals surface area contributed by atoms with E-state index in [1.165, 1.54) is 29.7 Å². The van der Waals surface area contributed by atoms with Crippen molar-refractivity contribution in [3.8, 4) is 5.75 Å². The number of benzene rings is 3. The van der Waals surface area contributed by atoms with E-state index < -0.39 is 17.6 Å². The molecule has 1 amide bonds. The van der Waals surface area contributed by atoms with Crippen LogP contribution in [0.5, 0.6) is 5.75 Å². The number of halogens is 6. The molecule has 3 aromatic carbocycles. The molecule has 0 bridgehead atoms. The van der Waals surface area contributed by atoms with E-state index in [9.17, 15) is 18.0 Å². The van der Waals surface area contributed by atoms with Gasteiger partial charge in [0, 0.05) is 15.5 Å². The molecule has 4 aromatic rings. The Morgan fingerprint density at radius 3 is 2.46 bits per heavy atom. The molecule has 0 atom stereocenters. The van der Waals surface area contributed by atoms with Crippen LogP contribution >= 0.6 is 59.1 Å². The van der Waals surface area contributed by atoms with Crippen molar-refractivity contribution < 1.29 is 22.7 Å². The highest BCUT2D eigenvalue weighted by atomic mass is 79.9. The highest BCUT2D eigenvalue weighted by molar-refractivity contribution is 9.11. The van der Waals surface area contributed by atoms with Gasteiger partial charge in [-0.25, -0.2) is 10.4 Å². The summed E-state index contributed by atoms with van der Waals surface area (Å²) in [5.74, 6) is 0.243. The second kappa shape index (κ2) is 13.1. The Kier molecular flexibility index (Phi) is 9.81. The molecule has 6 nitrogen and oxygen atoms in total. The molecular weight excluding hydrogens is 729 g/mol. The van der Waals surface area contributed by atoms with E-state index >= 15 is 0 Å². The molecular formula is C26H18Br3F3N4O2S. The SMILES string of the molecule is O=C(Cc1csc(Nc2cccc(C(F)(F)F)c2)n1)N/N=C\c1cc(Br)c(OCc2ccc(Br)cc2)c(Br)c1. The molecule has 0 fully saturated rings. The predicted molar refractivity (Wildman–Crippen MR) is 157 cm³/mol. The molecule has 0 radical (unpaired) electrons. The molecule has 0 saturated heterocycles. The second-order valence-corrected chi connectivity index (χ2v) is 11.5. The minimum absolute atomic E-state index is 0.0473. The Morgan fingerprint density at radius 2 is 1.77 bits per heavy atom. The van der Waals surface area contributed by atoms with Crippen LogP contribution in [-0.4, -0.2) is 17.1 Å². The summed E-state index contributed by atoms with van der Waals surface area (Å²) in [4.78, 5) is 16.6. The number of hydrogen-bond donors (Lipinski definition) is 2. The van der Waals surface area contributed by atoms with E-state index in [2.05, 4.69) is 68.6 Å². The molecule has 0 aliphatic rings. The number of ether oxygens (including phenoxy) is 1. The van der Waals surface area contributed by atoms with Crippen molar-refractivity contribution in [2.45, 2.75) is 19.2 Å². The average Bonchev–Trinajstić information content (AvgIpc) is 3.30.